The van der Waals surface area contributed by atoms with Gasteiger partial charge in [0.25, 0.3) is 0 Å². The quantitative estimate of drug-likeness (QED) is 0.241. The molecule has 0 unspecified atom stereocenters. The van der Waals surface area contributed by atoms with Gasteiger partial charge in [0.1, 0.15) is 5.82 Å². The number of nitrogens with one attached hydrogen (secondary N) is 2. The second-order valence-electron chi connectivity index (χ2n) is 8.00. The lowest BCUT2D eigenvalue weighted by atomic mass is 10.1. The minimum Gasteiger partial charge on any atom is -0.366 e. The van der Waals surface area contributed by atoms with Crippen LogP contribution in [0.15, 0.2) is 95.6 Å². The van der Waals surface area contributed by atoms with Crippen molar-refractivity contribution in [3.05, 3.63) is 112 Å². The van der Waals surface area contributed by atoms with Gasteiger partial charge in [-0.2, -0.15) is 9.61 Å². The summed E-state index contributed by atoms with van der Waals surface area (Å²) in [5, 5.41) is 11.5. The second kappa shape index (κ2) is 10.3. The lowest BCUT2D eigenvalue weighted by Crippen LogP contribution is -2.14. The number of hydrogen-bond acceptors (Lipinski definition) is 4. The molecule has 0 aliphatic rings. The van der Waals surface area contributed by atoms with E-state index in [2.05, 4.69) is 31.7 Å². The molecule has 0 saturated heterocycles. The molecule has 5 aromatic rings. The van der Waals surface area contributed by atoms with Crippen LogP contribution in [-0.2, 0) is 17.8 Å². The maximum absolute atomic E-state index is 12.5. The molecule has 1 amide bonds. The van der Waals surface area contributed by atoms with Crippen molar-refractivity contribution in [2.75, 3.05) is 10.6 Å². The Balaban J connectivity index is 1.35. The van der Waals surface area contributed by atoms with E-state index in [0.29, 0.717) is 23.6 Å². The lowest BCUT2D eigenvalue weighted by Gasteiger charge is -2.13. The minimum absolute atomic E-state index is 0.0528. The van der Waals surface area contributed by atoms with Crippen molar-refractivity contribution in [1.29, 1.82) is 0 Å². The molecular weight excluding hydrogens is 526 g/mol. The summed E-state index contributed by atoms with van der Waals surface area (Å²) in [6.45, 7) is 0.529. The number of carbonyl (C=O) groups is 1. The van der Waals surface area contributed by atoms with Crippen molar-refractivity contribution in [1.82, 2.24) is 14.6 Å². The molecule has 0 aliphatic carbocycles. The number of nitrogens with zero attached hydrogens (tertiary/aromatic N) is 3. The van der Waals surface area contributed by atoms with Gasteiger partial charge in [0.15, 0.2) is 5.65 Å². The second-order valence-corrected chi connectivity index (χ2v) is 9.26. The smallest absolute Gasteiger partial charge is 0.228 e. The molecule has 0 aliphatic heterocycles. The molecule has 0 bridgehead atoms. The largest absolute Gasteiger partial charge is 0.366 e. The monoisotopic (exact) mass is 545 g/mol. The summed E-state index contributed by atoms with van der Waals surface area (Å²) in [4.78, 5) is 17.2. The van der Waals surface area contributed by atoms with Gasteiger partial charge >= 0.3 is 0 Å². The normalized spacial score (nSPS) is 10.9. The Morgan fingerprint density at radius 3 is 2.54 bits per heavy atom. The third kappa shape index (κ3) is 5.37. The van der Waals surface area contributed by atoms with Gasteiger partial charge in [-0.25, -0.2) is 4.98 Å². The summed E-state index contributed by atoms with van der Waals surface area (Å²) >= 11 is 9.96. The van der Waals surface area contributed by atoms with Gasteiger partial charge in [0, 0.05) is 28.9 Å². The van der Waals surface area contributed by atoms with Crippen molar-refractivity contribution in [2.24, 2.45) is 0 Å². The predicted octanol–water partition coefficient (Wildman–Crippen LogP) is 6.61. The number of amides is 1. The highest BCUT2D eigenvalue weighted by atomic mass is 79.9. The van der Waals surface area contributed by atoms with Crippen LogP contribution in [0, 0.1) is 0 Å². The number of anilines is 2. The third-order valence-electron chi connectivity index (χ3n) is 5.47. The Labute approximate surface area is 216 Å². The highest BCUT2D eigenvalue weighted by molar-refractivity contribution is 9.10. The molecular formula is C27H21BrClN5O. The van der Waals surface area contributed by atoms with Crippen LogP contribution in [0.3, 0.4) is 0 Å². The number of benzene rings is 3. The maximum Gasteiger partial charge on any atom is 0.228 e. The van der Waals surface area contributed by atoms with Crippen molar-refractivity contribution < 1.29 is 4.79 Å². The topological polar surface area (TPSA) is 71.3 Å². The Bertz CT molecular complexity index is 1500. The fourth-order valence-corrected chi connectivity index (χ4v) is 4.39. The van der Waals surface area contributed by atoms with E-state index in [1.54, 1.807) is 10.7 Å². The van der Waals surface area contributed by atoms with Crippen LogP contribution in [0.25, 0.3) is 16.9 Å². The lowest BCUT2D eigenvalue weighted by molar-refractivity contribution is -0.115. The Morgan fingerprint density at radius 2 is 1.71 bits per heavy atom. The van der Waals surface area contributed by atoms with Crippen LogP contribution in [0.2, 0.25) is 5.02 Å². The number of fused-ring (bicyclic) bond motifs is 1. The molecule has 2 N–H and O–H groups in total. The van der Waals surface area contributed by atoms with Crippen molar-refractivity contribution >= 4 is 50.6 Å². The first-order chi connectivity index (χ1) is 17.1. The van der Waals surface area contributed by atoms with E-state index >= 15 is 0 Å². The Morgan fingerprint density at radius 1 is 0.943 bits per heavy atom. The van der Waals surface area contributed by atoms with Gasteiger partial charge in [-0.3, -0.25) is 4.79 Å². The Kier molecular flexibility index (Phi) is 6.79. The SMILES string of the molecule is O=C(Cc1ccccc1)Nc1cccc(CNc2cc(-c3ccccc3Cl)nc3c(Br)cnn23)c1. The molecule has 5 rings (SSSR count). The standard InChI is InChI=1S/C27H21BrClN5O/c28-22-17-31-34-25(15-24(33-27(22)34)21-11-4-5-12-23(21)29)30-16-19-9-6-10-20(13-19)32-26(35)14-18-7-2-1-3-8-18/h1-13,15,17,30H,14,16H2,(H,32,35). The molecule has 8 heteroatoms. The van der Waals surface area contributed by atoms with Crippen molar-refractivity contribution in [3.8, 4) is 11.3 Å². The summed E-state index contributed by atoms with van der Waals surface area (Å²) in [6, 6.07) is 27.0. The highest BCUT2D eigenvalue weighted by Gasteiger charge is 2.13. The number of rotatable bonds is 7. The van der Waals surface area contributed by atoms with Gasteiger partial charge in [-0.15, -0.1) is 0 Å². The van der Waals surface area contributed by atoms with Crippen LogP contribution in [0.1, 0.15) is 11.1 Å². The average Bonchev–Trinajstić information content (AvgIpc) is 3.24. The third-order valence-corrected chi connectivity index (χ3v) is 6.36. The fourth-order valence-electron chi connectivity index (χ4n) is 3.81. The molecule has 3 aromatic carbocycles. The number of halogens is 2. The summed E-state index contributed by atoms with van der Waals surface area (Å²) in [5.74, 6) is 0.720. The molecule has 2 aromatic heterocycles. The summed E-state index contributed by atoms with van der Waals surface area (Å²) in [5.41, 5.74) is 5.02. The predicted molar refractivity (Wildman–Crippen MR) is 144 cm³/mol. The van der Waals surface area contributed by atoms with Crippen LogP contribution in [0.4, 0.5) is 11.5 Å². The van der Waals surface area contributed by atoms with Crippen molar-refractivity contribution in [3.63, 3.8) is 0 Å². The zero-order valence-corrected chi connectivity index (χ0v) is 20.9. The minimum atomic E-state index is -0.0528. The molecule has 2 heterocycles. The van der Waals surface area contributed by atoms with E-state index < -0.39 is 0 Å². The fraction of sp³-hybridized carbons (Fsp3) is 0.0741. The van der Waals surface area contributed by atoms with Gasteiger partial charge in [0.05, 0.1) is 22.8 Å². The first kappa shape index (κ1) is 23.1. The van der Waals surface area contributed by atoms with Gasteiger partial charge < -0.3 is 10.6 Å². The van der Waals surface area contributed by atoms with Gasteiger partial charge in [0.2, 0.25) is 5.91 Å². The number of hydrogen-bond donors (Lipinski definition) is 2. The summed E-state index contributed by atoms with van der Waals surface area (Å²) in [7, 11) is 0. The van der Waals surface area contributed by atoms with Crippen LogP contribution in [-0.4, -0.2) is 20.5 Å². The zero-order chi connectivity index (χ0) is 24.2. The maximum atomic E-state index is 12.5. The number of carbonyl (C=O) groups excluding carboxylic acids is 1. The molecule has 174 valence electrons. The number of aromatic nitrogens is 3. The Hall–Kier alpha value is -3.68. The first-order valence-electron chi connectivity index (χ1n) is 11.0. The van der Waals surface area contributed by atoms with E-state index in [4.69, 9.17) is 16.6 Å². The van der Waals surface area contributed by atoms with E-state index in [1.807, 2.05) is 84.9 Å². The van der Waals surface area contributed by atoms with E-state index in [0.717, 1.165) is 38.4 Å². The molecule has 0 atom stereocenters. The van der Waals surface area contributed by atoms with Gasteiger partial charge in [-0.05, 0) is 45.3 Å². The van der Waals surface area contributed by atoms with Crippen molar-refractivity contribution in [2.45, 2.75) is 13.0 Å². The van der Waals surface area contributed by atoms with E-state index in [1.165, 1.54) is 0 Å². The van der Waals surface area contributed by atoms with E-state index in [9.17, 15) is 4.79 Å². The summed E-state index contributed by atoms with van der Waals surface area (Å²) < 4.78 is 2.54. The van der Waals surface area contributed by atoms with Crippen LogP contribution < -0.4 is 10.6 Å². The molecule has 0 spiro atoms. The first-order valence-corrected chi connectivity index (χ1v) is 12.2. The molecule has 0 saturated carbocycles. The zero-order valence-electron chi connectivity index (χ0n) is 18.6. The molecule has 0 radical (unpaired) electrons. The van der Waals surface area contributed by atoms with Gasteiger partial charge in [-0.1, -0.05) is 72.3 Å². The van der Waals surface area contributed by atoms with Crippen LogP contribution in [0.5, 0.6) is 0 Å². The van der Waals surface area contributed by atoms with E-state index in [-0.39, 0.29) is 5.91 Å². The summed E-state index contributed by atoms with van der Waals surface area (Å²) in [6.07, 6.45) is 2.05. The van der Waals surface area contributed by atoms with Crippen LogP contribution >= 0.6 is 27.5 Å². The molecule has 35 heavy (non-hydrogen) atoms. The molecule has 6 nitrogen and oxygen atoms in total. The average molecular weight is 547 g/mol. The highest BCUT2D eigenvalue weighted by Crippen LogP contribution is 2.30. The molecule has 0 fully saturated rings.